The van der Waals surface area contributed by atoms with Gasteiger partial charge < -0.3 is 4.74 Å². The molecule has 23 heavy (non-hydrogen) atoms. The third-order valence-electron chi connectivity index (χ3n) is 2.49. The summed E-state index contributed by atoms with van der Waals surface area (Å²) in [5, 5.41) is 0.236. The van der Waals surface area contributed by atoms with Crippen LogP contribution in [0.15, 0.2) is 6.07 Å². The van der Waals surface area contributed by atoms with E-state index in [1.807, 2.05) is 0 Å². The van der Waals surface area contributed by atoms with Crippen LogP contribution in [0.3, 0.4) is 0 Å². The van der Waals surface area contributed by atoms with Crippen LogP contribution >= 0.6 is 23.2 Å². The highest BCUT2D eigenvalue weighted by molar-refractivity contribution is 6.36. The van der Waals surface area contributed by atoms with Crippen LogP contribution in [0.2, 0.25) is 10.0 Å². The van der Waals surface area contributed by atoms with E-state index in [2.05, 4.69) is 10.4 Å². The van der Waals surface area contributed by atoms with Gasteiger partial charge in [-0.1, -0.05) is 44.0 Å². The average Bonchev–Trinajstić information content (AvgIpc) is 2.38. The van der Waals surface area contributed by atoms with Crippen molar-refractivity contribution in [3.8, 4) is 0 Å². The number of hydrazine groups is 1. The van der Waals surface area contributed by atoms with E-state index in [-0.39, 0.29) is 15.9 Å². The quantitative estimate of drug-likeness (QED) is 0.635. The van der Waals surface area contributed by atoms with Crippen LogP contribution in [-0.4, -0.2) is 23.1 Å². The molecular weight excluding hydrogens is 348 g/mol. The molecule has 0 saturated carbocycles. The summed E-state index contributed by atoms with van der Waals surface area (Å²) in [5.74, 6) is -1.86. The summed E-state index contributed by atoms with van der Waals surface area (Å²) >= 11 is 11.5. The SMILES string of the molecule is CC(C)OC(=O)N(NC(=O)C(C)(C)C)c1nc(F)c(Cl)cc1Cl. The highest BCUT2D eigenvalue weighted by atomic mass is 35.5. The lowest BCUT2D eigenvalue weighted by atomic mass is 9.96. The molecule has 9 heteroatoms. The highest BCUT2D eigenvalue weighted by Gasteiger charge is 2.30. The van der Waals surface area contributed by atoms with E-state index in [0.29, 0.717) is 5.01 Å². The van der Waals surface area contributed by atoms with E-state index in [4.69, 9.17) is 27.9 Å². The number of halogens is 3. The number of hydrogen-bond acceptors (Lipinski definition) is 4. The molecule has 0 spiro atoms. The summed E-state index contributed by atoms with van der Waals surface area (Å²) in [6.45, 7) is 8.18. The summed E-state index contributed by atoms with van der Waals surface area (Å²) in [5.41, 5.74) is 1.52. The van der Waals surface area contributed by atoms with Crippen LogP contribution in [0.1, 0.15) is 34.6 Å². The number of pyridine rings is 1. The summed E-state index contributed by atoms with van der Waals surface area (Å²) < 4.78 is 18.6. The first-order valence-electron chi connectivity index (χ1n) is 6.77. The van der Waals surface area contributed by atoms with E-state index >= 15 is 0 Å². The lowest BCUT2D eigenvalue weighted by molar-refractivity contribution is -0.128. The number of aromatic nitrogens is 1. The minimum Gasteiger partial charge on any atom is -0.445 e. The summed E-state index contributed by atoms with van der Waals surface area (Å²) in [7, 11) is 0. The zero-order valence-electron chi connectivity index (χ0n) is 13.4. The molecule has 0 aromatic carbocycles. The van der Waals surface area contributed by atoms with Gasteiger partial charge in [0, 0.05) is 5.41 Å². The zero-order chi connectivity index (χ0) is 17.9. The highest BCUT2D eigenvalue weighted by Crippen LogP contribution is 2.28. The molecule has 0 fully saturated rings. The van der Waals surface area contributed by atoms with Crippen LogP contribution in [0.5, 0.6) is 0 Å². The number of hydrogen-bond donors (Lipinski definition) is 1. The van der Waals surface area contributed by atoms with Gasteiger partial charge in [-0.05, 0) is 19.9 Å². The van der Waals surface area contributed by atoms with Gasteiger partial charge in [-0.3, -0.25) is 10.2 Å². The van der Waals surface area contributed by atoms with Gasteiger partial charge in [-0.2, -0.15) is 14.4 Å². The van der Waals surface area contributed by atoms with Gasteiger partial charge >= 0.3 is 6.09 Å². The van der Waals surface area contributed by atoms with Gasteiger partial charge in [0.2, 0.25) is 11.9 Å². The molecular formula is C14H18Cl2FN3O3. The Morgan fingerprint density at radius 2 is 1.87 bits per heavy atom. The van der Waals surface area contributed by atoms with Crippen molar-refractivity contribution in [3.63, 3.8) is 0 Å². The third kappa shape index (κ3) is 5.21. The number of amides is 2. The Bertz CT molecular complexity index is 618. The maximum Gasteiger partial charge on any atom is 0.435 e. The number of nitrogens with zero attached hydrogens (tertiary/aromatic N) is 2. The summed E-state index contributed by atoms with van der Waals surface area (Å²) in [6, 6.07) is 1.08. The fourth-order valence-electron chi connectivity index (χ4n) is 1.30. The second-order valence-electron chi connectivity index (χ2n) is 6.03. The normalized spacial score (nSPS) is 11.3. The van der Waals surface area contributed by atoms with Crippen LogP contribution in [-0.2, 0) is 9.53 Å². The van der Waals surface area contributed by atoms with Crippen LogP contribution in [0, 0.1) is 11.4 Å². The molecule has 0 unspecified atom stereocenters. The van der Waals surface area contributed by atoms with Gasteiger partial charge in [0.05, 0.1) is 16.1 Å². The number of ether oxygens (including phenoxy) is 1. The molecule has 0 aliphatic rings. The monoisotopic (exact) mass is 365 g/mol. The van der Waals surface area contributed by atoms with Crippen molar-refractivity contribution in [1.29, 1.82) is 0 Å². The lowest BCUT2D eigenvalue weighted by Gasteiger charge is -2.27. The van der Waals surface area contributed by atoms with Crippen molar-refractivity contribution in [1.82, 2.24) is 10.4 Å². The largest absolute Gasteiger partial charge is 0.445 e. The minimum atomic E-state index is -1.03. The van der Waals surface area contributed by atoms with Gasteiger partial charge in [0.1, 0.15) is 0 Å². The Labute approximate surface area is 143 Å². The second kappa shape index (κ2) is 7.31. The Morgan fingerprint density at radius 1 is 1.30 bits per heavy atom. The van der Waals surface area contributed by atoms with Crippen LogP contribution in [0.25, 0.3) is 0 Å². The molecule has 0 saturated heterocycles. The fraction of sp³-hybridized carbons (Fsp3) is 0.500. The van der Waals surface area contributed by atoms with Gasteiger partial charge in [-0.25, -0.2) is 4.79 Å². The molecule has 1 N–H and O–H groups in total. The second-order valence-corrected chi connectivity index (χ2v) is 6.84. The molecule has 0 aliphatic carbocycles. The average molecular weight is 366 g/mol. The summed E-state index contributed by atoms with van der Waals surface area (Å²) in [6.07, 6.45) is -1.42. The molecule has 0 radical (unpaired) electrons. The van der Waals surface area contributed by atoms with E-state index in [0.717, 1.165) is 6.07 Å². The van der Waals surface area contributed by atoms with E-state index in [1.165, 1.54) is 0 Å². The van der Waals surface area contributed by atoms with E-state index in [9.17, 15) is 14.0 Å². The third-order valence-corrected chi connectivity index (χ3v) is 3.04. The smallest absolute Gasteiger partial charge is 0.435 e. The minimum absolute atomic E-state index is 0.119. The Morgan fingerprint density at radius 3 is 2.35 bits per heavy atom. The Hall–Kier alpha value is -1.60. The molecule has 1 heterocycles. The van der Waals surface area contributed by atoms with Crippen molar-refractivity contribution in [2.75, 3.05) is 5.01 Å². The van der Waals surface area contributed by atoms with Crippen molar-refractivity contribution in [3.05, 3.63) is 22.1 Å². The van der Waals surface area contributed by atoms with E-state index in [1.54, 1.807) is 34.6 Å². The Kier molecular flexibility index (Phi) is 6.18. The molecule has 0 aliphatic heterocycles. The standard InChI is InChI=1S/C14H18Cl2FN3O3/c1-7(2)23-13(22)20(19-12(21)14(3,4)5)11-9(16)6-8(15)10(17)18-11/h6-7H,1-5H3,(H,19,21). The van der Waals surface area contributed by atoms with Crippen molar-refractivity contribution in [2.24, 2.45) is 5.41 Å². The summed E-state index contributed by atoms with van der Waals surface area (Å²) in [4.78, 5) is 27.9. The molecule has 0 atom stereocenters. The molecule has 0 bridgehead atoms. The number of carbonyl (C=O) groups excluding carboxylic acids is 2. The predicted octanol–water partition coefficient (Wildman–Crippen LogP) is 3.96. The number of carbonyl (C=O) groups is 2. The molecule has 128 valence electrons. The molecule has 1 aromatic rings. The maximum atomic E-state index is 13.6. The number of anilines is 1. The lowest BCUT2D eigenvalue weighted by Crippen LogP contribution is -2.51. The van der Waals surface area contributed by atoms with Crippen LogP contribution < -0.4 is 10.4 Å². The van der Waals surface area contributed by atoms with E-state index < -0.39 is 29.5 Å². The first-order chi connectivity index (χ1) is 10.4. The fourth-order valence-corrected chi connectivity index (χ4v) is 1.74. The van der Waals surface area contributed by atoms with Gasteiger partial charge in [0.25, 0.3) is 0 Å². The van der Waals surface area contributed by atoms with Crippen molar-refractivity contribution >= 4 is 41.0 Å². The van der Waals surface area contributed by atoms with Crippen molar-refractivity contribution in [2.45, 2.75) is 40.7 Å². The Balaban J connectivity index is 3.26. The molecule has 2 amide bonds. The van der Waals surface area contributed by atoms with Crippen molar-refractivity contribution < 1.29 is 18.7 Å². The predicted molar refractivity (Wildman–Crippen MR) is 85.9 cm³/mol. The molecule has 6 nitrogen and oxygen atoms in total. The van der Waals surface area contributed by atoms with Gasteiger partial charge in [-0.15, -0.1) is 0 Å². The maximum absolute atomic E-state index is 13.6. The molecule has 1 aromatic heterocycles. The molecule has 1 rings (SSSR count). The van der Waals surface area contributed by atoms with Gasteiger partial charge in [0.15, 0.2) is 5.82 Å². The van der Waals surface area contributed by atoms with Crippen LogP contribution in [0.4, 0.5) is 15.0 Å². The zero-order valence-corrected chi connectivity index (χ0v) is 14.9. The topological polar surface area (TPSA) is 71.5 Å². The first-order valence-corrected chi connectivity index (χ1v) is 7.52. The number of rotatable bonds is 2. The number of nitrogens with one attached hydrogen (secondary N) is 1. The first kappa shape index (κ1) is 19.4.